The highest BCUT2D eigenvalue weighted by Crippen LogP contribution is 2.07. The first-order valence-electron chi connectivity index (χ1n) is 6.50. The molecule has 0 radical (unpaired) electrons. The number of rotatable bonds is 9. The van der Waals surface area contributed by atoms with Gasteiger partial charge >= 0.3 is 0 Å². The molecule has 0 amide bonds. The fourth-order valence-electron chi connectivity index (χ4n) is 1.58. The predicted octanol–water partition coefficient (Wildman–Crippen LogP) is 2.21. The molecule has 4 nitrogen and oxygen atoms in total. The van der Waals surface area contributed by atoms with Gasteiger partial charge < -0.3 is 10.1 Å². The number of aryl methyl sites for hydroxylation is 1. The fourth-order valence-corrected chi connectivity index (χ4v) is 1.58. The Balaban J connectivity index is 1.88. The van der Waals surface area contributed by atoms with Crippen molar-refractivity contribution in [2.24, 2.45) is 13.0 Å². The minimum absolute atomic E-state index is 0.740. The van der Waals surface area contributed by atoms with Gasteiger partial charge in [-0.25, -0.2) is 0 Å². The van der Waals surface area contributed by atoms with E-state index < -0.39 is 0 Å². The maximum atomic E-state index is 5.57. The fraction of sp³-hybridized carbons (Fsp3) is 0.769. The second-order valence-electron chi connectivity index (χ2n) is 4.86. The summed E-state index contributed by atoms with van der Waals surface area (Å²) < 4.78 is 7.32. The van der Waals surface area contributed by atoms with Crippen molar-refractivity contribution in [3.63, 3.8) is 0 Å². The maximum absolute atomic E-state index is 5.57. The minimum atomic E-state index is 0.740. The Morgan fingerprint density at radius 3 is 2.82 bits per heavy atom. The highest BCUT2D eigenvalue weighted by Gasteiger charge is 1.96. The molecule has 1 aromatic rings. The van der Waals surface area contributed by atoms with E-state index in [1.807, 2.05) is 13.2 Å². The Hall–Kier alpha value is -1.03. The summed E-state index contributed by atoms with van der Waals surface area (Å²) in [5.74, 6) is 1.61. The lowest BCUT2D eigenvalue weighted by Crippen LogP contribution is -2.20. The molecule has 1 rings (SSSR count). The van der Waals surface area contributed by atoms with Crippen LogP contribution in [0.2, 0.25) is 0 Å². The number of ether oxygens (including phenoxy) is 1. The monoisotopic (exact) mass is 239 g/mol. The Kier molecular flexibility index (Phi) is 6.70. The first-order chi connectivity index (χ1) is 8.18. The molecular formula is C13H25N3O. The summed E-state index contributed by atoms with van der Waals surface area (Å²) in [6.07, 6.45) is 7.20. The lowest BCUT2D eigenvalue weighted by atomic mass is 10.2. The van der Waals surface area contributed by atoms with Crippen molar-refractivity contribution in [3.8, 4) is 5.75 Å². The third-order valence-corrected chi connectivity index (χ3v) is 2.50. The molecule has 0 aliphatic heterocycles. The first-order valence-corrected chi connectivity index (χ1v) is 6.50. The molecule has 17 heavy (non-hydrogen) atoms. The topological polar surface area (TPSA) is 39.1 Å². The molecule has 0 aliphatic carbocycles. The maximum Gasteiger partial charge on any atom is 0.157 e. The third-order valence-electron chi connectivity index (χ3n) is 2.50. The zero-order valence-corrected chi connectivity index (χ0v) is 11.3. The van der Waals surface area contributed by atoms with Crippen molar-refractivity contribution in [2.45, 2.75) is 33.1 Å². The molecule has 0 bridgehead atoms. The summed E-state index contributed by atoms with van der Waals surface area (Å²) in [7, 11) is 1.90. The number of hydrogen-bond donors (Lipinski definition) is 1. The summed E-state index contributed by atoms with van der Waals surface area (Å²) >= 11 is 0. The zero-order valence-electron chi connectivity index (χ0n) is 11.3. The van der Waals surface area contributed by atoms with Gasteiger partial charge in [-0.1, -0.05) is 13.8 Å². The van der Waals surface area contributed by atoms with Gasteiger partial charge in [0, 0.05) is 7.05 Å². The van der Waals surface area contributed by atoms with Crippen LogP contribution in [0.25, 0.3) is 0 Å². The van der Waals surface area contributed by atoms with Crippen molar-refractivity contribution in [2.75, 3.05) is 19.7 Å². The van der Waals surface area contributed by atoms with E-state index in [0.717, 1.165) is 37.8 Å². The van der Waals surface area contributed by atoms with Gasteiger partial charge in [-0.2, -0.15) is 5.10 Å². The van der Waals surface area contributed by atoms with Crippen LogP contribution in [-0.4, -0.2) is 29.5 Å². The molecular weight excluding hydrogens is 214 g/mol. The van der Waals surface area contributed by atoms with Crippen LogP contribution in [-0.2, 0) is 7.05 Å². The lowest BCUT2D eigenvalue weighted by molar-refractivity contribution is 0.304. The number of hydrogen-bond acceptors (Lipinski definition) is 3. The molecule has 0 fully saturated rings. The summed E-state index contributed by atoms with van der Waals surface area (Å²) in [6, 6.07) is 0. The summed E-state index contributed by atoms with van der Waals surface area (Å²) in [4.78, 5) is 0. The highest BCUT2D eigenvalue weighted by atomic mass is 16.5. The number of nitrogens with zero attached hydrogens (tertiary/aromatic N) is 2. The summed E-state index contributed by atoms with van der Waals surface area (Å²) in [6.45, 7) is 7.48. The Morgan fingerprint density at radius 1 is 1.35 bits per heavy atom. The third kappa shape index (κ3) is 7.00. The van der Waals surface area contributed by atoms with Gasteiger partial charge in [-0.3, -0.25) is 4.68 Å². The van der Waals surface area contributed by atoms with Crippen LogP contribution in [0, 0.1) is 5.92 Å². The van der Waals surface area contributed by atoms with E-state index in [2.05, 4.69) is 24.3 Å². The Labute approximate surface area is 104 Å². The van der Waals surface area contributed by atoms with E-state index in [1.54, 1.807) is 10.9 Å². The SMILES string of the molecule is CC(C)CNCCCCCOc1cnn(C)c1. The van der Waals surface area contributed by atoms with Crippen LogP contribution < -0.4 is 10.1 Å². The molecule has 0 aromatic carbocycles. The molecule has 0 atom stereocenters. The molecule has 1 heterocycles. The van der Waals surface area contributed by atoms with Gasteiger partial charge in [0.05, 0.1) is 19.0 Å². The van der Waals surface area contributed by atoms with Gasteiger partial charge in [-0.15, -0.1) is 0 Å². The van der Waals surface area contributed by atoms with E-state index in [1.165, 1.54) is 12.8 Å². The van der Waals surface area contributed by atoms with Crippen LogP contribution in [0.5, 0.6) is 5.75 Å². The molecule has 4 heteroatoms. The number of unbranched alkanes of at least 4 members (excludes halogenated alkanes) is 2. The van der Waals surface area contributed by atoms with Gasteiger partial charge in [0.1, 0.15) is 0 Å². The van der Waals surface area contributed by atoms with Crippen LogP contribution in [0.1, 0.15) is 33.1 Å². The van der Waals surface area contributed by atoms with Crippen molar-refractivity contribution < 1.29 is 4.74 Å². The smallest absolute Gasteiger partial charge is 0.157 e. The van der Waals surface area contributed by atoms with Gasteiger partial charge in [-0.05, 0) is 38.3 Å². The molecule has 1 aromatic heterocycles. The second-order valence-corrected chi connectivity index (χ2v) is 4.86. The summed E-state index contributed by atoms with van der Waals surface area (Å²) in [5.41, 5.74) is 0. The molecule has 0 spiro atoms. The second kappa shape index (κ2) is 8.12. The summed E-state index contributed by atoms with van der Waals surface area (Å²) in [5, 5.41) is 7.50. The van der Waals surface area contributed by atoms with Crippen molar-refractivity contribution in [1.29, 1.82) is 0 Å². The normalized spacial score (nSPS) is 11.1. The lowest BCUT2D eigenvalue weighted by Gasteiger charge is -2.07. The molecule has 0 aliphatic rings. The van der Waals surface area contributed by atoms with E-state index in [4.69, 9.17) is 4.74 Å². The molecule has 0 saturated carbocycles. The molecule has 98 valence electrons. The molecule has 0 saturated heterocycles. The number of nitrogens with one attached hydrogen (secondary N) is 1. The largest absolute Gasteiger partial charge is 0.490 e. The zero-order chi connectivity index (χ0) is 12.5. The molecule has 1 N–H and O–H groups in total. The van der Waals surface area contributed by atoms with Crippen LogP contribution >= 0.6 is 0 Å². The quantitative estimate of drug-likeness (QED) is 0.672. The van der Waals surface area contributed by atoms with Crippen LogP contribution in [0.3, 0.4) is 0 Å². The van der Waals surface area contributed by atoms with Crippen LogP contribution in [0.15, 0.2) is 12.4 Å². The first kappa shape index (κ1) is 14.0. The van der Waals surface area contributed by atoms with Crippen molar-refractivity contribution in [1.82, 2.24) is 15.1 Å². The predicted molar refractivity (Wildman–Crippen MR) is 70.3 cm³/mol. The number of aromatic nitrogens is 2. The standard InChI is InChI=1S/C13H25N3O/c1-12(2)9-14-7-5-4-6-8-17-13-10-15-16(3)11-13/h10-12,14H,4-9H2,1-3H3. The minimum Gasteiger partial charge on any atom is -0.490 e. The van der Waals surface area contributed by atoms with E-state index in [0.29, 0.717) is 0 Å². The van der Waals surface area contributed by atoms with Crippen molar-refractivity contribution in [3.05, 3.63) is 12.4 Å². The van der Waals surface area contributed by atoms with Gasteiger partial charge in [0.25, 0.3) is 0 Å². The highest BCUT2D eigenvalue weighted by molar-refractivity contribution is 5.10. The average molecular weight is 239 g/mol. The van der Waals surface area contributed by atoms with Crippen LogP contribution in [0.4, 0.5) is 0 Å². The Bertz CT molecular complexity index is 297. The van der Waals surface area contributed by atoms with Gasteiger partial charge in [0.15, 0.2) is 5.75 Å². The molecule has 0 unspecified atom stereocenters. The van der Waals surface area contributed by atoms with Gasteiger partial charge in [0.2, 0.25) is 0 Å². The average Bonchev–Trinajstić information content (AvgIpc) is 2.68. The van der Waals surface area contributed by atoms with Crippen molar-refractivity contribution >= 4 is 0 Å². The van der Waals surface area contributed by atoms with E-state index in [-0.39, 0.29) is 0 Å². The Morgan fingerprint density at radius 2 is 2.18 bits per heavy atom. The van der Waals surface area contributed by atoms with E-state index >= 15 is 0 Å². The van der Waals surface area contributed by atoms with E-state index in [9.17, 15) is 0 Å².